The number of carbonyl (C=O) groups is 1. The minimum atomic E-state index is -0.136. The molecule has 0 bridgehead atoms. The minimum Gasteiger partial charge on any atom is -0.398 e. The zero-order valence-electron chi connectivity index (χ0n) is 7.84. The van der Waals surface area contributed by atoms with Crippen molar-refractivity contribution in [2.75, 3.05) is 5.73 Å². The second-order valence-electron chi connectivity index (χ2n) is 3.03. The van der Waals surface area contributed by atoms with E-state index in [1.54, 1.807) is 18.5 Å². The Balaban J connectivity index is 2.17. The second kappa shape index (κ2) is 3.87. The number of hydrogen-bond donors (Lipinski definition) is 2. The highest BCUT2D eigenvalue weighted by molar-refractivity contribution is 5.95. The van der Waals surface area contributed by atoms with Gasteiger partial charge in [-0.3, -0.25) is 9.78 Å². The molecule has 0 saturated carbocycles. The maximum atomic E-state index is 11.6. The van der Waals surface area contributed by atoms with Crippen molar-refractivity contribution >= 4 is 11.5 Å². The lowest BCUT2D eigenvalue weighted by Crippen LogP contribution is -2.06. The summed E-state index contributed by atoms with van der Waals surface area (Å²) in [4.78, 5) is 15.5. The molecule has 6 heteroatoms. The molecule has 76 valence electrons. The van der Waals surface area contributed by atoms with Gasteiger partial charge in [-0.2, -0.15) is 15.4 Å². The third kappa shape index (κ3) is 1.98. The topological polar surface area (TPSA) is 97.5 Å². The van der Waals surface area contributed by atoms with Crippen LogP contribution in [0.5, 0.6) is 0 Å². The van der Waals surface area contributed by atoms with E-state index in [1.165, 1.54) is 6.20 Å². The third-order valence-corrected chi connectivity index (χ3v) is 1.99. The molecule has 0 saturated heterocycles. The van der Waals surface area contributed by atoms with Crippen molar-refractivity contribution in [2.45, 2.75) is 6.42 Å². The van der Waals surface area contributed by atoms with E-state index < -0.39 is 0 Å². The molecular formula is C9H9N5O. The van der Waals surface area contributed by atoms with Gasteiger partial charge in [-0.25, -0.2) is 0 Å². The lowest BCUT2D eigenvalue weighted by molar-refractivity contribution is 0.0988. The van der Waals surface area contributed by atoms with Crippen LogP contribution in [0.1, 0.15) is 16.1 Å². The quantitative estimate of drug-likeness (QED) is 0.695. The number of nitrogens with one attached hydrogen (secondary N) is 1. The summed E-state index contributed by atoms with van der Waals surface area (Å²) >= 11 is 0. The molecule has 15 heavy (non-hydrogen) atoms. The van der Waals surface area contributed by atoms with Gasteiger partial charge in [-0.05, 0) is 6.07 Å². The average Bonchev–Trinajstić information content (AvgIpc) is 2.74. The molecule has 0 aromatic carbocycles. The standard InChI is InChI=1S/C9H9N5O/c10-7-1-2-11-4-6(7)3-9(15)8-5-12-14-13-8/h1-2,4-5H,3H2,(H2,10,11)(H,12,13,14). The lowest BCUT2D eigenvalue weighted by atomic mass is 10.1. The molecule has 0 aliphatic rings. The molecule has 2 aromatic rings. The number of rotatable bonds is 3. The Morgan fingerprint density at radius 1 is 1.47 bits per heavy atom. The van der Waals surface area contributed by atoms with Crippen molar-refractivity contribution in [3.63, 3.8) is 0 Å². The van der Waals surface area contributed by atoms with Crippen LogP contribution < -0.4 is 5.73 Å². The molecule has 6 nitrogen and oxygen atoms in total. The number of nitrogens with zero attached hydrogens (tertiary/aromatic N) is 3. The van der Waals surface area contributed by atoms with Gasteiger partial charge in [-0.1, -0.05) is 0 Å². The Kier molecular flexibility index (Phi) is 2.40. The van der Waals surface area contributed by atoms with Crippen molar-refractivity contribution in [1.29, 1.82) is 0 Å². The molecule has 2 aromatic heterocycles. The zero-order chi connectivity index (χ0) is 10.7. The number of nitrogen functional groups attached to an aromatic ring is 1. The fraction of sp³-hybridized carbons (Fsp3) is 0.111. The maximum Gasteiger partial charge on any atom is 0.189 e. The van der Waals surface area contributed by atoms with E-state index in [-0.39, 0.29) is 12.2 Å². The molecule has 0 fully saturated rings. The molecule has 0 spiro atoms. The van der Waals surface area contributed by atoms with Gasteiger partial charge in [0.1, 0.15) is 5.69 Å². The average molecular weight is 203 g/mol. The minimum absolute atomic E-state index is 0.136. The van der Waals surface area contributed by atoms with Crippen molar-refractivity contribution in [2.24, 2.45) is 0 Å². The van der Waals surface area contributed by atoms with Gasteiger partial charge in [0.05, 0.1) is 6.20 Å². The molecule has 0 amide bonds. The first-order valence-electron chi connectivity index (χ1n) is 4.34. The summed E-state index contributed by atoms with van der Waals surface area (Å²) < 4.78 is 0. The van der Waals surface area contributed by atoms with Crippen LogP contribution in [-0.4, -0.2) is 26.2 Å². The van der Waals surface area contributed by atoms with Gasteiger partial charge in [0.25, 0.3) is 0 Å². The van der Waals surface area contributed by atoms with E-state index in [4.69, 9.17) is 5.73 Å². The number of Topliss-reactive ketones (excluding diaryl/α,β-unsaturated/α-hetero) is 1. The van der Waals surface area contributed by atoms with Gasteiger partial charge >= 0.3 is 0 Å². The number of H-pyrrole nitrogens is 1. The number of aromatic nitrogens is 4. The molecule has 0 aliphatic heterocycles. The van der Waals surface area contributed by atoms with Crippen molar-refractivity contribution < 1.29 is 4.79 Å². The Bertz CT molecular complexity index is 465. The molecule has 0 aliphatic carbocycles. The van der Waals surface area contributed by atoms with Crippen LogP contribution in [-0.2, 0) is 6.42 Å². The molecule has 2 heterocycles. The van der Waals surface area contributed by atoms with Crippen LogP contribution >= 0.6 is 0 Å². The summed E-state index contributed by atoms with van der Waals surface area (Å²) in [5.41, 5.74) is 7.25. The van der Waals surface area contributed by atoms with Crippen LogP contribution in [0.2, 0.25) is 0 Å². The first kappa shape index (κ1) is 9.32. The van der Waals surface area contributed by atoms with Crippen molar-refractivity contribution in [1.82, 2.24) is 20.4 Å². The van der Waals surface area contributed by atoms with Crippen LogP contribution in [0.4, 0.5) is 5.69 Å². The highest BCUT2D eigenvalue weighted by Gasteiger charge is 2.11. The fourth-order valence-electron chi connectivity index (χ4n) is 1.19. The Labute approximate surface area is 85.5 Å². The Morgan fingerprint density at radius 3 is 3.00 bits per heavy atom. The fourth-order valence-corrected chi connectivity index (χ4v) is 1.19. The SMILES string of the molecule is Nc1ccncc1CC(=O)c1cn[nH]n1. The van der Waals surface area contributed by atoms with E-state index >= 15 is 0 Å². The summed E-state index contributed by atoms with van der Waals surface area (Å²) in [7, 11) is 0. The molecule has 0 unspecified atom stereocenters. The van der Waals surface area contributed by atoms with E-state index in [0.717, 1.165) is 0 Å². The van der Waals surface area contributed by atoms with Crippen molar-refractivity contribution in [3.8, 4) is 0 Å². The normalized spacial score (nSPS) is 10.1. The van der Waals surface area contributed by atoms with Crippen LogP contribution in [0.15, 0.2) is 24.7 Å². The maximum absolute atomic E-state index is 11.6. The molecule has 0 radical (unpaired) electrons. The summed E-state index contributed by atoms with van der Waals surface area (Å²) in [5.74, 6) is -0.136. The van der Waals surface area contributed by atoms with Gasteiger partial charge in [0.15, 0.2) is 5.78 Å². The van der Waals surface area contributed by atoms with E-state index in [0.29, 0.717) is 16.9 Å². The predicted octanol–water partition coefficient (Wildman–Crippen LogP) is 0.207. The second-order valence-corrected chi connectivity index (χ2v) is 3.03. The number of anilines is 1. The van der Waals surface area contributed by atoms with Gasteiger partial charge in [-0.15, -0.1) is 0 Å². The lowest BCUT2D eigenvalue weighted by Gasteiger charge is -2.01. The number of pyridine rings is 1. The first-order chi connectivity index (χ1) is 7.27. The number of nitrogens with two attached hydrogens (primary N) is 1. The van der Waals surface area contributed by atoms with Gasteiger partial charge in [0.2, 0.25) is 0 Å². The number of hydrogen-bond acceptors (Lipinski definition) is 5. The van der Waals surface area contributed by atoms with E-state index in [9.17, 15) is 4.79 Å². The summed E-state index contributed by atoms with van der Waals surface area (Å²) in [5, 5.41) is 9.64. The zero-order valence-corrected chi connectivity index (χ0v) is 7.84. The summed E-state index contributed by atoms with van der Waals surface area (Å²) in [6, 6.07) is 1.66. The number of carbonyl (C=O) groups excluding carboxylic acids is 1. The molecular weight excluding hydrogens is 194 g/mol. The number of ketones is 1. The largest absolute Gasteiger partial charge is 0.398 e. The predicted molar refractivity (Wildman–Crippen MR) is 53.1 cm³/mol. The highest BCUT2D eigenvalue weighted by Crippen LogP contribution is 2.11. The van der Waals surface area contributed by atoms with Gasteiger partial charge in [0, 0.05) is 30.1 Å². The van der Waals surface area contributed by atoms with Crippen LogP contribution in [0.25, 0.3) is 0 Å². The Hall–Kier alpha value is -2.24. The van der Waals surface area contributed by atoms with Crippen molar-refractivity contribution in [3.05, 3.63) is 35.9 Å². The first-order valence-corrected chi connectivity index (χ1v) is 4.34. The van der Waals surface area contributed by atoms with E-state index in [1.807, 2.05) is 0 Å². The number of aromatic amines is 1. The Morgan fingerprint density at radius 2 is 2.33 bits per heavy atom. The highest BCUT2D eigenvalue weighted by atomic mass is 16.1. The molecule has 2 rings (SSSR count). The summed E-state index contributed by atoms with van der Waals surface area (Å²) in [6.07, 6.45) is 4.73. The third-order valence-electron chi connectivity index (χ3n) is 1.99. The van der Waals surface area contributed by atoms with Crippen LogP contribution in [0.3, 0.4) is 0 Å². The summed E-state index contributed by atoms with van der Waals surface area (Å²) in [6.45, 7) is 0. The molecule has 3 N–H and O–H groups in total. The van der Waals surface area contributed by atoms with Gasteiger partial charge < -0.3 is 5.73 Å². The smallest absolute Gasteiger partial charge is 0.189 e. The monoisotopic (exact) mass is 203 g/mol. The molecule has 0 atom stereocenters. The van der Waals surface area contributed by atoms with Crippen LogP contribution in [0, 0.1) is 0 Å². The van der Waals surface area contributed by atoms with E-state index in [2.05, 4.69) is 20.4 Å².